The first-order valence-electron chi connectivity index (χ1n) is 11.2. The standard InChI is InChI=1S/C26H21Cl2N3O6S.Na/c1-3-37-22-9-8-16(27)12-21(22)29-26(33)18-11-15-6-4-5-7-17(15)24(25(18)32)31-30-20-10-14(2)23(13-19(20)28)38(34,35)36;/h4-13,32H,3H2,1-2H3,(H,29,33)(H,34,35,36);/q;+1/p-1. The zero-order valence-corrected chi connectivity index (χ0v) is 25.4. The van der Waals surface area contributed by atoms with Crippen molar-refractivity contribution in [3.8, 4) is 11.5 Å². The van der Waals surface area contributed by atoms with Crippen LogP contribution in [0.3, 0.4) is 0 Å². The molecule has 0 saturated heterocycles. The molecular weight excluding hydrogens is 576 g/mol. The molecule has 0 atom stereocenters. The van der Waals surface area contributed by atoms with E-state index in [1.165, 1.54) is 25.1 Å². The van der Waals surface area contributed by atoms with Crippen molar-refractivity contribution in [1.82, 2.24) is 0 Å². The van der Waals surface area contributed by atoms with E-state index in [1.54, 1.807) is 43.3 Å². The number of nitrogens with zero attached hydrogens (tertiary/aromatic N) is 2. The molecule has 0 saturated carbocycles. The van der Waals surface area contributed by atoms with Crippen LogP contribution < -0.4 is 44.7 Å². The summed E-state index contributed by atoms with van der Waals surface area (Å²) in [5.74, 6) is -1.00. The van der Waals surface area contributed by atoms with Crippen molar-refractivity contribution >= 4 is 67.1 Å². The molecular formula is C26H20Cl2N3NaO6S. The number of amides is 1. The first-order chi connectivity index (χ1) is 18.0. The smallest absolute Gasteiger partial charge is 0.870 e. The van der Waals surface area contributed by atoms with Crippen molar-refractivity contribution in [3.63, 3.8) is 0 Å². The molecule has 13 heteroatoms. The number of anilines is 1. The molecule has 0 aromatic heterocycles. The fraction of sp³-hybridized carbons (Fsp3) is 0.115. The van der Waals surface area contributed by atoms with Crippen LogP contribution in [0.25, 0.3) is 10.8 Å². The Hall–Kier alpha value is -2.70. The molecule has 196 valence electrons. The SMILES string of the molecule is CCOc1ccc(Cl)cc1NC(=O)c1cc2ccccc2c(N=Nc2cc(C)c(S(=O)(=O)O)cc2Cl)c1[O-].[Na+]. The number of nitrogens with one attached hydrogen (secondary N) is 1. The van der Waals surface area contributed by atoms with Crippen molar-refractivity contribution in [2.75, 3.05) is 11.9 Å². The largest absolute Gasteiger partial charge is 1.00 e. The number of hydrogen-bond donors (Lipinski definition) is 2. The topological polar surface area (TPSA) is 140 Å². The number of hydrogen-bond acceptors (Lipinski definition) is 7. The van der Waals surface area contributed by atoms with Gasteiger partial charge >= 0.3 is 29.6 Å². The summed E-state index contributed by atoms with van der Waals surface area (Å²) in [6.45, 7) is 3.59. The number of azo groups is 1. The second kappa shape index (κ2) is 12.6. The molecule has 0 spiro atoms. The minimum Gasteiger partial charge on any atom is -0.870 e. The van der Waals surface area contributed by atoms with Crippen molar-refractivity contribution in [3.05, 3.63) is 81.8 Å². The van der Waals surface area contributed by atoms with Crippen LogP contribution in [-0.4, -0.2) is 25.5 Å². The molecule has 39 heavy (non-hydrogen) atoms. The summed E-state index contributed by atoms with van der Waals surface area (Å²) in [5.41, 5.74) is 0.232. The molecule has 4 rings (SSSR count). The molecule has 0 heterocycles. The van der Waals surface area contributed by atoms with E-state index in [0.29, 0.717) is 33.8 Å². The molecule has 0 aliphatic heterocycles. The van der Waals surface area contributed by atoms with Gasteiger partial charge in [0.1, 0.15) is 11.4 Å². The zero-order chi connectivity index (χ0) is 27.6. The second-order valence-electron chi connectivity index (χ2n) is 8.09. The van der Waals surface area contributed by atoms with Gasteiger partial charge in [-0.25, -0.2) is 0 Å². The van der Waals surface area contributed by atoms with Crippen molar-refractivity contribution in [2.24, 2.45) is 10.2 Å². The number of halogens is 2. The van der Waals surface area contributed by atoms with Crippen LogP contribution in [0.1, 0.15) is 22.8 Å². The van der Waals surface area contributed by atoms with E-state index in [0.717, 1.165) is 6.07 Å². The molecule has 1 amide bonds. The van der Waals surface area contributed by atoms with Gasteiger partial charge in [0.25, 0.3) is 16.0 Å². The average molecular weight is 596 g/mol. The van der Waals surface area contributed by atoms with E-state index in [1.807, 2.05) is 0 Å². The van der Waals surface area contributed by atoms with E-state index < -0.39 is 21.8 Å². The van der Waals surface area contributed by atoms with Gasteiger partial charge in [0.2, 0.25) is 0 Å². The molecule has 2 N–H and O–H groups in total. The molecule has 0 bridgehead atoms. The maximum Gasteiger partial charge on any atom is 1.00 e. The summed E-state index contributed by atoms with van der Waals surface area (Å²) >= 11 is 12.2. The van der Waals surface area contributed by atoms with Crippen LogP contribution in [-0.2, 0) is 10.1 Å². The van der Waals surface area contributed by atoms with Crippen LogP contribution >= 0.6 is 23.2 Å². The minimum absolute atomic E-state index is 0. The Morgan fingerprint density at radius 2 is 1.79 bits per heavy atom. The predicted molar refractivity (Wildman–Crippen MR) is 144 cm³/mol. The van der Waals surface area contributed by atoms with Gasteiger partial charge in [-0.3, -0.25) is 9.35 Å². The molecule has 0 aliphatic carbocycles. The first-order valence-corrected chi connectivity index (χ1v) is 13.3. The Labute approximate surface area is 256 Å². The molecule has 4 aromatic carbocycles. The third kappa shape index (κ3) is 6.90. The predicted octanol–water partition coefficient (Wildman–Crippen LogP) is 3.85. The second-order valence-corrected chi connectivity index (χ2v) is 10.3. The number of rotatable bonds is 7. The Bertz CT molecular complexity index is 1710. The Morgan fingerprint density at radius 3 is 2.49 bits per heavy atom. The quantitative estimate of drug-likeness (QED) is 0.189. The van der Waals surface area contributed by atoms with Gasteiger partial charge < -0.3 is 15.2 Å². The van der Waals surface area contributed by atoms with Gasteiger partial charge in [-0.2, -0.15) is 13.5 Å². The number of ether oxygens (including phenoxy) is 1. The number of fused-ring (bicyclic) bond motifs is 1. The molecule has 0 radical (unpaired) electrons. The van der Waals surface area contributed by atoms with Gasteiger partial charge in [-0.05, 0) is 61.2 Å². The van der Waals surface area contributed by atoms with Crippen molar-refractivity contribution < 1.29 is 57.2 Å². The third-order valence-corrected chi connectivity index (χ3v) is 7.02. The average Bonchev–Trinajstić information content (AvgIpc) is 2.85. The normalized spacial score (nSPS) is 11.4. The van der Waals surface area contributed by atoms with Gasteiger partial charge in [0.15, 0.2) is 0 Å². The molecule has 0 fully saturated rings. The Kier molecular flexibility index (Phi) is 10.0. The monoisotopic (exact) mass is 595 g/mol. The van der Waals surface area contributed by atoms with Gasteiger partial charge in [0.05, 0.1) is 27.9 Å². The summed E-state index contributed by atoms with van der Waals surface area (Å²) in [5, 5.41) is 25.5. The summed E-state index contributed by atoms with van der Waals surface area (Å²) in [6, 6.07) is 15.4. The van der Waals surface area contributed by atoms with Crippen LogP contribution in [0, 0.1) is 6.92 Å². The van der Waals surface area contributed by atoms with E-state index in [2.05, 4.69) is 15.5 Å². The summed E-state index contributed by atoms with van der Waals surface area (Å²) in [7, 11) is -4.49. The molecule has 4 aromatic rings. The Balaban J connectivity index is 0.00000420. The van der Waals surface area contributed by atoms with Crippen LogP contribution in [0.2, 0.25) is 10.0 Å². The van der Waals surface area contributed by atoms with Crippen LogP contribution in [0.5, 0.6) is 11.5 Å². The van der Waals surface area contributed by atoms with Crippen LogP contribution in [0.15, 0.2) is 75.8 Å². The van der Waals surface area contributed by atoms with E-state index in [-0.39, 0.29) is 62.0 Å². The van der Waals surface area contributed by atoms with E-state index >= 15 is 0 Å². The zero-order valence-electron chi connectivity index (χ0n) is 21.0. The fourth-order valence-electron chi connectivity index (χ4n) is 3.75. The number of carbonyl (C=O) groups is 1. The van der Waals surface area contributed by atoms with Crippen molar-refractivity contribution in [1.29, 1.82) is 0 Å². The molecule has 9 nitrogen and oxygen atoms in total. The summed E-state index contributed by atoms with van der Waals surface area (Å²) < 4.78 is 38.0. The summed E-state index contributed by atoms with van der Waals surface area (Å²) in [6.07, 6.45) is 0. The molecule has 0 aliphatic rings. The number of benzene rings is 4. The van der Waals surface area contributed by atoms with Crippen LogP contribution in [0.4, 0.5) is 17.1 Å². The Morgan fingerprint density at radius 1 is 1.08 bits per heavy atom. The number of aryl methyl sites for hydroxylation is 1. The maximum atomic E-state index is 13.4. The van der Waals surface area contributed by atoms with Gasteiger partial charge in [-0.1, -0.05) is 53.2 Å². The first kappa shape index (κ1) is 30.8. The molecule has 0 unspecified atom stereocenters. The third-order valence-electron chi connectivity index (χ3n) is 5.49. The maximum absolute atomic E-state index is 13.4. The van der Waals surface area contributed by atoms with Gasteiger partial charge in [-0.15, -0.1) is 5.11 Å². The number of carbonyl (C=O) groups excluding carboxylic acids is 1. The fourth-order valence-corrected chi connectivity index (χ4v) is 4.93. The minimum atomic E-state index is -4.49. The summed E-state index contributed by atoms with van der Waals surface area (Å²) in [4.78, 5) is 12.8. The van der Waals surface area contributed by atoms with Crippen molar-refractivity contribution in [2.45, 2.75) is 18.7 Å². The van der Waals surface area contributed by atoms with E-state index in [9.17, 15) is 22.9 Å². The van der Waals surface area contributed by atoms with Gasteiger partial charge in [0, 0.05) is 16.0 Å². The van der Waals surface area contributed by atoms with E-state index in [4.69, 9.17) is 27.9 Å².